The first-order valence-corrected chi connectivity index (χ1v) is 10.6. The van der Waals surface area contributed by atoms with Gasteiger partial charge in [0.2, 0.25) is 5.91 Å². The molecule has 2 aromatic carbocycles. The number of carbonyl (C=O) groups is 2. The summed E-state index contributed by atoms with van der Waals surface area (Å²) in [5, 5.41) is 7.02. The van der Waals surface area contributed by atoms with Gasteiger partial charge in [-0.25, -0.2) is 4.39 Å². The van der Waals surface area contributed by atoms with E-state index >= 15 is 0 Å². The highest BCUT2D eigenvalue weighted by Gasteiger charge is 2.40. The van der Waals surface area contributed by atoms with Crippen LogP contribution in [-0.2, 0) is 4.79 Å². The molecule has 7 heteroatoms. The third-order valence-corrected chi connectivity index (χ3v) is 5.50. The van der Waals surface area contributed by atoms with Gasteiger partial charge in [-0.3, -0.25) is 9.59 Å². The van der Waals surface area contributed by atoms with Crippen LogP contribution in [0.4, 0.5) is 4.39 Å². The molecule has 4 rings (SSSR count). The molecule has 166 valence electrons. The number of rotatable bonds is 4. The molecule has 32 heavy (non-hydrogen) atoms. The van der Waals surface area contributed by atoms with Crippen LogP contribution in [0.3, 0.4) is 0 Å². The molecule has 1 aliphatic rings. The number of piperazine rings is 1. The fourth-order valence-electron chi connectivity index (χ4n) is 3.93. The largest absolute Gasteiger partial charge is 0.355 e. The van der Waals surface area contributed by atoms with Crippen molar-refractivity contribution >= 4 is 11.8 Å². The Bertz CT molecular complexity index is 1100. The average Bonchev–Trinajstić information content (AvgIpc) is 3.25. The fraction of sp³-hybridized carbons (Fsp3) is 0.320. The molecule has 2 amide bonds. The minimum Gasteiger partial charge on any atom is -0.355 e. The van der Waals surface area contributed by atoms with Gasteiger partial charge in [-0.15, -0.1) is 0 Å². The lowest BCUT2D eigenvalue weighted by atomic mass is 9.85. The minimum atomic E-state index is -0.617. The van der Waals surface area contributed by atoms with Crippen molar-refractivity contribution in [3.63, 3.8) is 0 Å². The molecule has 0 spiro atoms. The van der Waals surface area contributed by atoms with Crippen molar-refractivity contribution < 1.29 is 18.5 Å². The van der Waals surface area contributed by atoms with Crippen molar-refractivity contribution in [1.82, 2.24) is 15.4 Å². The monoisotopic (exact) mass is 435 g/mol. The molecule has 6 nitrogen and oxygen atoms in total. The average molecular weight is 435 g/mol. The zero-order chi connectivity index (χ0) is 22.9. The molecular weight excluding hydrogens is 409 g/mol. The van der Waals surface area contributed by atoms with Crippen molar-refractivity contribution in [1.29, 1.82) is 0 Å². The summed E-state index contributed by atoms with van der Waals surface area (Å²) in [6.07, 6.45) is 0.509. The summed E-state index contributed by atoms with van der Waals surface area (Å²) >= 11 is 0. The summed E-state index contributed by atoms with van der Waals surface area (Å²) in [5.74, 6) is -0.551. The van der Waals surface area contributed by atoms with Gasteiger partial charge in [0.05, 0.1) is 6.04 Å². The van der Waals surface area contributed by atoms with Gasteiger partial charge in [-0.1, -0.05) is 56.3 Å². The summed E-state index contributed by atoms with van der Waals surface area (Å²) in [5.41, 5.74) is 1.50. The van der Waals surface area contributed by atoms with E-state index in [9.17, 15) is 14.0 Å². The molecule has 0 radical (unpaired) electrons. The predicted octanol–water partition coefficient (Wildman–Crippen LogP) is 4.60. The molecule has 1 aliphatic heterocycles. The van der Waals surface area contributed by atoms with Gasteiger partial charge in [-0.2, -0.15) is 0 Å². The first kappa shape index (κ1) is 21.7. The smallest absolute Gasteiger partial charge is 0.276 e. The molecule has 1 N–H and O–H groups in total. The Kier molecular flexibility index (Phi) is 5.82. The number of hydrogen-bond acceptors (Lipinski definition) is 4. The Balaban J connectivity index is 1.64. The van der Waals surface area contributed by atoms with Gasteiger partial charge in [0.15, 0.2) is 11.5 Å². The maximum atomic E-state index is 13.5. The molecular formula is C25H26FN3O3. The van der Waals surface area contributed by atoms with Crippen LogP contribution in [0, 0.1) is 11.2 Å². The molecule has 1 saturated heterocycles. The summed E-state index contributed by atoms with van der Waals surface area (Å²) in [6, 6.07) is 15.9. The summed E-state index contributed by atoms with van der Waals surface area (Å²) in [4.78, 5) is 28.1. The number of nitrogens with zero attached hydrogens (tertiary/aromatic N) is 2. The lowest BCUT2D eigenvalue weighted by Crippen LogP contribution is -2.59. The molecule has 2 heterocycles. The Hall–Kier alpha value is -3.48. The van der Waals surface area contributed by atoms with E-state index < -0.39 is 6.04 Å². The maximum Gasteiger partial charge on any atom is 0.276 e. The quantitative estimate of drug-likeness (QED) is 0.650. The van der Waals surface area contributed by atoms with E-state index in [0.29, 0.717) is 24.3 Å². The SMILES string of the molecule is CC(C)(C)CC1C(=O)NC(c2ccccc2)CN1C(=O)c1cc(-c2ccc(F)cc2)on1. The zero-order valence-corrected chi connectivity index (χ0v) is 18.3. The van der Waals surface area contributed by atoms with Gasteiger partial charge in [0, 0.05) is 18.2 Å². The van der Waals surface area contributed by atoms with E-state index in [0.717, 1.165) is 5.56 Å². The van der Waals surface area contributed by atoms with E-state index in [1.165, 1.54) is 18.2 Å². The molecule has 0 bridgehead atoms. The maximum absolute atomic E-state index is 13.5. The molecule has 2 unspecified atom stereocenters. The predicted molar refractivity (Wildman–Crippen MR) is 118 cm³/mol. The van der Waals surface area contributed by atoms with Crippen molar-refractivity contribution in [3.8, 4) is 11.3 Å². The first-order chi connectivity index (χ1) is 15.2. The van der Waals surface area contributed by atoms with E-state index in [-0.39, 0.29) is 34.8 Å². The molecule has 0 aliphatic carbocycles. The Morgan fingerprint density at radius 1 is 1.16 bits per heavy atom. The van der Waals surface area contributed by atoms with Gasteiger partial charge in [0.25, 0.3) is 5.91 Å². The lowest BCUT2D eigenvalue weighted by molar-refractivity contribution is -0.130. The Morgan fingerprint density at radius 3 is 2.50 bits per heavy atom. The van der Waals surface area contributed by atoms with E-state index in [1.54, 1.807) is 17.0 Å². The molecule has 1 fully saturated rings. The Labute approximate surface area is 186 Å². The number of aromatic nitrogens is 1. The number of hydrogen-bond donors (Lipinski definition) is 1. The summed E-state index contributed by atoms with van der Waals surface area (Å²) in [6.45, 7) is 6.44. The number of benzene rings is 2. The highest BCUT2D eigenvalue weighted by molar-refractivity contribution is 5.97. The zero-order valence-electron chi connectivity index (χ0n) is 18.3. The Morgan fingerprint density at radius 2 is 1.84 bits per heavy atom. The molecule has 2 atom stereocenters. The van der Waals surface area contributed by atoms with Crippen LogP contribution in [0.1, 0.15) is 49.3 Å². The first-order valence-electron chi connectivity index (χ1n) is 10.6. The van der Waals surface area contributed by atoms with E-state index in [4.69, 9.17) is 4.52 Å². The van der Waals surface area contributed by atoms with Crippen LogP contribution in [0.15, 0.2) is 65.2 Å². The molecule has 1 aromatic heterocycles. The third-order valence-electron chi connectivity index (χ3n) is 5.50. The number of carbonyl (C=O) groups excluding carboxylic acids is 2. The lowest BCUT2D eigenvalue weighted by Gasteiger charge is -2.41. The second kappa shape index (κ2) is 8.57. The number of amides is 2. The normalized spacial score (nSPS) is 19.0. The van der Waals surface area contributed by atoms with Crippen LogP contribution >= 0.6 is 0 Å². The standard InChI is InChI=1S/C25H26FN3O3/c1-25(2,3)14-21-23(30)27-20(16-7-5-4-6-8-16)15-29(21)24(31)19-13-22(32-28-19)17-9-11-18(26)12-10-17/h4-13,20-21H,14-15H2,1-3H3,(H,27,30). The van der Waals surface area contributed by atoms with Crippen LogP contribution in [0.25, 0.3) is 11.3 Å². The second-order valence-corrected chi connectivity index (χ2v) is 9.29. The molecule has 3 aromatic rings. The van der Waals surface area contributed by atoms with E-state index in [1.807, 2.05) is 51.1 Å². The highest BCUT2D eigenvalue weighted by Crippen LogP contribution is 2.30. The van der Waals surface area contributed by atoms with Crippen molar-refractivity contribution in [2.75, 3.05) is 6.54 Å². The number of nitrogens with one attached hydrogen (secondary N) is 1. The van der Waals surface area contributed by atoms with Gasteiger partial charge in [-0.05, 0) is 41.7 Å². The highest BCUT2D eigenvalue weighted by atomic mass is 19.1. The summed E-state index contributed by atoms with van der Waals surface area (Å²) in [7, 11) is 0. The van der Waals surface area contributed by atoms with Crippen molar-refractivity contribution in [3.05, 3.63) is 77.7 Å². The van der Waals surface area contributed by atoms with Crippen LogP contribution in [0.5, 0.6) is 0 Å². The second-order valence-electron chi connectivity index (χ2n) is 9.29. The number of halogens is 1. The fourth-order valence-corrected chi connectivity index (χ4v) is 3.93. The van der Waals surface area contributed by atoms with Gasteiger partial charge < -0.3 is 14.7 Å². The van der Waals surface area contributed by atoms with Crippen molar-refractivity contribution in [2.24, 2.45) is 5.41 Å². The van der Waals surface area contributed by atoms with Crippen LogP contribution in [0.2, 0.25) is 0 Å². The van der Waals surface area contributed by atoms with Crippen LogP contribution < -0.4 is 5.32 Å². The topological polar surface area (TPSA) is 75.4 Å². The van der Waals surface area contributed by atoms with Crippen LogP contribution in [-0.4, -0.2) is 34.5 Å². The third kappa shape index (κ3) is 4.72. The van der Waals surface area contributed by atoms with Gasteiger partial charge in [0.1, 0.15) is 11.9 Å². The minimum absolute atomic E-state index is 0.116. The molecule has 0 saturated carbocycles. The van der Waals surface area contributed by atoms with E-state index in [2.05, 4.69) is 10.5 Å². The summed E-state index contributed by atoms with van der Waals surface area (Å²) < 4.78 is 18.6. The van der Waals surface area contributed by atoms with Crippen molar-refractivity contribution in [2.45, 2.75) is 39.3 Å². The van der Waals surface area contributed by atoms with Gasteiger partial charge >= 0.3 is 0 Å².